The summed E-state index contributed by atoms with van der Waals surface area (Å²) in [6, 6.07) is 0. The Labute approximate surface area is 66.0 Å². The molecule has 0 aromatic rings. The smallest absolute Gasteiger partial charge is 0.127 e. The third-order valence-corrected chi connectivity index (χ3v) is 1.65. The van der Waals surface area contributed by atoms with Gasteiger partial charge in [0.05, 0.1) is 0 Å². The molecule has 0 aliphatic heterocycles. The molecule has 60 valence electrons. The summed E-state index contributed by atoms with van der Waals surface area (Å²) >= 11 is 0. The molecule has 0 heterocycles. The normalized spacial score (nSPS) is 18.5. The van der Waals surface area contributed by atoms with Crippen molar-refractivity contribution in [1.29, 1.82) is 0 Å². The van der Waals surface area contributed by atoms with Crippen LogP contribution in [0.4, 0.5) is 0 Å². The van der Waals surface area contributed by atoms with Crippen LogP contribution in [-0.4, -0.2) is 20.3 Å². The zero-order valence-corrected chi connectivity index (χ0v) is 8.21. The Morgan fingerprint density at radius 3 is 1.70 bits per heavy atom. The van der Waals surface area contributed by atoms with Crippen molar-refractivity contribution < 1.29 is 0 Å². The van der Waals surface area contributed by atoms with E-state index in [9.17, 15) is 0 Å². The van der Waals surface area contributed by atoms with Gasteiger partial charge in [0.1, 0.15) is 7.85 Å². The molecule has 0 bridgehead atoms. The van der Waals surface area contributed by atoms with Gasteiger partial charge in [-0.05, 0) is 24.3 Å². The highest BCUT2D eigenvalue weighted by molar-refractivity contribution is 6.15. The van der Waals surface area contributed by atoms with E-state index in [4.69, 9.17) is 0 Å². The highest BCUT2D eigenvalue weighted by Gasteiger charge is 2.22. The third-order valence-electron chi connectivity index (χ3n) is 1.65. The maximum Gasteiger partial charge on any atom is 0.127 e. The van der Waals surface area contributed by atoms with Gasteiger partial charge in [-0.3, -0.25) is 0 Å². The molecule has 0 aliphatic carbocycles. The summed E-state index contributed by atoms with van der Waals surface area (Å²) in [6.45, 7) is 9.04. The topological polar surface area (TPSA) is 12.0 Å². The van der Waals surface area contributed by atoms with Crippen LogP contribution < -0.4 is 5.32 Å². The van der Waals surface area contributed by atoms with E-state index in [0.29, 0.717) is 5.41 Å². The van der Waals surface area contributed by atoms with Crippen LogP contribution in [0.15, 0.2) is 0 Å². The van der Waals surface area contributed by atoms with Crippen LogP contribution in [0, 0.1) is 5.41 Å². The summed E-state index contributed by atoms with van der Waals surface area (Å²) in [6.07, 6.45) is 1.20. The largest absolute Gasteiger partial charge is 0.322 e. The fourth-order valence-electron chi connectivity index (χ4n) is 1.41. The van der Waals surface area contributed by atoms with E-state index in [-0.39, 0.29) is 5.44 Å². The van der Waals surface area contributed by atoms with E-state index in [1.807, 2.05) is 7.05 Å². The van der Waals surface area contributed by atoms with Crippen molar-refractivity contribution >= 4 is 7.85 Å². The lowest BCUT2D eigenvalue weighted by Gasteiger charge is -2.32. The number of nitrogens with one attached hydrogen (secondary N) is 1. The summed E-state index contributed by atoms with van der Waals surface area (Å²) in [5.41, 5.74) is 0.699. The van der Waals surface area contributed by atoms with Crippen molar-refractivity contribution in [3.8, 4) is 0 Å². The molecule has 1 nitrogen and oxygen atoms in total. The lowest BCUT2D eigenvalue weighted by atomic mass is 9.69. The zero-order chi connectivity index (χ0) is 8.41. The van der Waals surface area contributed by atoms with E-state index in [1.54, 1.807) is 0 Å². The van der Waals surface area contributed by atoms with Crippen molar-refractivity contribution in [1.82, 2.24) is 5.32 Å². The van der Waals surface area contributed by atoms with Gasteiger partial charge in [-0.25, -0.2) is 0 Å². The summed E-state index contributed by atoms with van der Waals surface area (Å²) in [7, 11) is 4.25. The van der Waals surface area contributed by atoms with Crippen molar-refractivity contribution in [3.05, 3.63) is 0 Å². The van der Waals surface area contributed by atoms with Crippen LogP contribution >= 0.6 is 0 Å². The van der Waals surface area contributed by atoms with Crippen LogP contribution in [0.2, 0.25) is 0 Å². The van der Waals surface area contributed by atoms with Gasteiger partial charge in [0.2, 0.25) is 0 Å². The lowest BCUT2D eigenvalue weighted by Crippen LogP contribution is -2.43. The molecular weight excluding hydrogens is 121 g/mol. The molecule has 10 heavy (non-hydrogen) atoms. The Kier molecular flexibility index (Phi) is 2.96. The molecule has 0 radical (unpaired) electrons. The lowest BCUT2D eigenvalue weighted by molar-refractivity contribution is 0.303. The number of hydrogen-bond acceptors (Lipinski definition) is 1. The zero-order valence-electron chi connectivity index (χ0n) is 8.21. The second-order valence-electron chi connectivity index (χ2n) is 4.87. The highest BCUT2D eigenvalue weighted by Crippen LogP contribution is 2.24. The Bertz CT molecular complexity index is 102. The first-order valence-electron chi connectivity index (χ1n) is 3.96. The second-order valence-corrected chi connectivity index (χ2v) is 4.87. The summed E-state index contributed by atoms with van der Waals surface area (Å²) in [5.74, 6) is 0. The molecule has 0 aromatic heterocycles. The summed E-state index contributed by atoms with van der Waals surface area (Å²) in [4.78, 5) is 0. The molecule has 1 N–H and O–H groups in total. The van der Waals surface area contributed by atoms with Crippen LogP contribution in [0.3, 0.4) is 0 Å². The maximum absolute atomic E-state index is 3.30. The Morgan fingerprint density at radius 1 is 1.20 bits per heavy atom. The summed E-state index contributed by atoms with van der Waals surface area (Å²) < 4.78 is 0. The van der Waals surface area contributed by atoms with E-state index < -0.39 is 0 Å². The molecule has 1 atom stereocenters. The first-order valence-corrected chi connectivity index (χ1v) is 3.96. The highest BCUT2D eigenvalue weighted by atomic mass is 14.9. The van der Waals surface area contributed by atoms with Gasteiger partial charge in [0.15, 0.2) is 0 Å². The Morgan fingerprint density at radius 2 is 1.60 bits per heavy atom. The van der Waals surface area contributed by atoms with Gasteiger partial charge in [0.25, 0.3) is 0 Å². The van der Waals surface area contributed by atoms with Crippen molar-refractivity contribution in [3.63, 3.8) is 0 Å². The Balaban J connectivity index is 3.89. The van der Waals surface area contributed by atoms with Crippen molar-refractivity contribution in [2.45, 2.75) is 39.6 Å². The number of rotatable bonds is 2. The van der Waals surface area contributed by atoms with E-state index in [1.165, 1.54) is 6.42 Å². The quantitative estimate of drug-likeness (QED) is 0.565. The molecule has 0 rings (SSSR count). The predicted molar refractivity (Wildman–Crippen MR) is 50.1 cm³/mol. The minimum absolute atomic E-state index is 0.276. The third kappa shape index (κ3) is 4.86. The van der Waals surface area contributed by atoms with Crippen molar-refractivity contribution in [2.24, 2.45) is 5.41 Å². The minimum atomic E-state index is 0.276. The standard InChI is InChI=1S/C8H20BN/c1-7(2,3)6-8(4,9)10-5/h10H,6,9H2,1-5H3. The molecule has 0 fully saturated rings. The molecule has 0 amide bonds. The van der Waals surface area contributed by atoms with E-state index >= 15 is 0 Å². The summed E-state index contributed by atoms with van der Waals surface area (Å²) in [5, 5.41) is 3.30. The fraction of sp³-hybridized carbons (Fsp3) is 1.00. The fourth-order valence-corrected chi connectivity index (χ4v) is 1.41. The molecule has 0 saturated heterocycles. The van der Waals surface area contributed by atoms with Gasteiger partial charge in [-0.1, -0.05) is 27.7 Å². The monoisotopic (exact) mass is 141 g/mol. The average molecular weight is 141 g/mol. The van der Waals surface area contributed by atoms with Gasteiger partial charge in [-0.15, -0.1) is 0 Å². The van der Waals surface area contributed by atoms with Gasteiger partial charge in [0, 0.05) is 0 Å². The molecule has 2 heteroatoms. The molecule has 0 aliphatic rings. The van der Waals surface area contributed by atoms with E-state index in [0.717, 1.165) is 0 Å². The Hall–Kier alpha value is 0.0249. The van der Waals surface area contributed by atoms with Crippen LogP contribution in [0.5, 0.6) is 0 Å². The minimum Gasteiger partial charge on any atom is -0.322 e. The molecule has 1 unspecified atom stereocenters. The van der Waals surface area contributed by atoms with Crippen LogP contribution in [-0.2, 0) is 0 Å². The van der Waals surface area contributed by atoms with Gasteiger partial charge in [-0.2, -0.15) is 0 Å². The van der Waals surface area contributed by atoms with Gasteiger partial charge < -0.3 is 5.32 Å². The molecule has 0 aromatic carbocycles. The molecular formula is C8H20BN. The maximum atomic E-state index is 3.30. The van der Waals surface area contributed by atoms with Crippen molar-refractivity contribution in [2.75, 3.05) is 7.05 Å². The number of hydrogen-bond donors (Lipinski definition) is 1. The van der Waals surface area contributed by atoms with Gasteiger partial charge >= 0.3 is 0 Å². The predicted octanol–water partition coefficient (Wildman–Crippen LogP) is 0.991. The molecule has 0 spiro atoms. The van der Waals surface area contributed by atoms with E-state index in [2.05, 4.69) is 40.9 Å². The SMILES string of the molecule is BC(C)(CC(C)(C)C)NC. The second kappa shape index (κ2) is 2.95. The van der Waals surface area contributed by atoms with Crippen LogP contribution in [0.25, 0.3) is 0 Å². The average Bonchev–Trinajstić information content (AvgIpc) is 1.60. The van der Waals surface area contributed by atoms with Crippen LogP contribution in [0.1, 0.15) is 34.1 Å². The first kappa shape index (κ1) is 10.0. The first-order chi connectivity index (χ1) is 4.27. The molecule has 0 saturated carbocycles.